The maximum Gasteiger partial charge on any atom is 0.107 e. The van der Waals surface area contributed by atoms with Crippen LogP contribution < -0.4 is 5.73 Å². The van der Waals surface area contributed by atoms with Gasteiger partial charge in [0.2, 0.25) is 0 Å². The molecule has 0 aliphatic rings. The quantitative estimate of drug-likeness (QED) is 0.773. The Morgan fingerprint density at radius 1 is 1.25 bits per heavy atom. The maximum absolute atomic E-state index is 5.48. The van der Waals surface area contributed by atoms with Crippen LogP contribution in [0.5, 0.6) is 0 Å². The van der Waals surface area contributed by atoms with Gasteiger partial charge in [0.05, 0.1) is 11.0 Å². The minimum absolute atomic E-state index is 0.762. The number of nitrogens with one attached hydrogen (secondary N) is 1. The van der Waals surface area contributed by atoms with E-state index in [0.29, 0.717) is 0 Å². The van der Waals surface area contributed by atoms with Crippen LogP contribution in [0.15, 0.2) is 12.1 Å². The Balaban J connectivity index is 2.26. The van der Waals surface area contributed by atoms with Crippen molar-refractivity contribution < 1.29 is 0 Å². The zero-order valence-corrected chi connectivity index (χ0v) is 10.0. The molecule has 86 valence electrons. The summed E-state index contributed by atoms with van der Waals surface area (Å²) in [6, 6.07) is 4.33. The molecule has 0 saturated carbocycles. The van der Waals surface area contributed by atoms with Crippen molar-refractivity contribution in [2.24, 2.45) is 5.73 Å². The third-order valence-electron chi connectivity index (χ3n) is 2.84. The Kier molecular flexibility index (Phi) is 3.25. The van der Waals surface area contributed by atoms with Crippen molar-refractivity contribution in [3.05, 3.63) is 29.1 Å². The monoisotopic (exact) mass is 217 g/mol. The predicted octanol–water partition coefficient (Wildman–Crippen LogP) is 2.46. The van der Waals surface area contributed by atoms with Gasteiger partial charge in [-0.15, -0.1) is 0 Å². The third kappa shape index (κ3) is 2.25. The molecule has 1 aromatic carbocycles. The number of H-pyrrole nitrogens is 1. The van der Waals surface area contributed by atoms with Crippen LogP contribution in [0.1, 0.15) is 29.8 Å². The average molecular weight is 217 g/mol. The van der Waals surface area contributed by atoms with E-state index in [-0.39, 0.29) is 0 Å². The van der Waals surface area contributed by atoms with Crippen molar-refractivity contribution in [1.29, 1.82) is 0 Å². The number of imidazole rings is 1. The van der Waals surface area contributed by atoms with E-state index in [9.17, 15) is 0 Å². The van der Waals surface area contributed by atoms with Crippen LogP contribution in [0.3, 0.4) is 0 Å². The molecule has 0 bridgehead atoms. The Hall–Kier alpha value is -1.35. The molecule has 0 radical (unpaired) electrons. The minimum Gasteiger partial charge on any atom is -0.342 e. The van der Waals surface area contributed by atoms with Crippen molar-refractivity contribution in [3.8, 4) is 0 Å². The molecule has 0 saturated heterocycles. The first kappa shape index (κ1) is 11.1. The highest BCUT2D eigenvalue weighted by Gasteiger charge is 2.05. The molecule has 3 heteroatoms. The summed E-state index contributed by atoms with van der Waals surface area (Å²) in [5.74, 6) is 1.08. The van der Waals surface area contributed by atoms with Crippen LogP contribution in [-0.4, -0.2) is 16.5 Å². The van der Waals surface area contributed by atoms with Gasteiger partial charge in [-0.1, -0.05) is 6.07 Å². The van der Waals surface area contributed by atoms with Gasteiger partial charge in [0.25, 0.3) is 0 Å². The molecule has 0 fully saturated rings. The van der Waals surface area contributed by atoms with Crippen molar-refractivity contribution in [1.82, 2.24) is 9.97 Å². The lowest BCUT2D eigenvalue weighted by Gasteiger charge is -1.96. The van der Waals surface area contributed by atoms with E-state index in [1.165, 1.54) is 11.1 Å². The summed E-state index contributed by atoms with van der Waals surface area (Å²) in [7, 11) is 0. The lowest BCUT2D eigenvalue weighted by Crippen LogP contribution is -1.99. The van der Waals surface area contributed by atoms with Gasteiger partial charge in [-0.2, -0.15) is 0 Å². The van der Waals surface area contributed by atoms with Gasteiger partial charge in [0, 0.05) is 6.42 Å². The lowest BCUT2D eigenvalue weighted by molar-refractivity contribution is 0.724. The van der Waals surface area contributed by atoms with Crippen molar-refractivity contribution in [3.63, 3.8) is 0 Å². The number of hydrogen-bond acceptors (Lipinski definition) is 2. The van der Waals surface area contributed by atoms with E-state index in [1.807, 2.05) is 0 Å². The van der Waals surface area contributed by atoms with E-state index in [2.05, 4.69) is 35.9 Å². The molecule has 2 rings (SSSR count). The summed E-state index contributed by atoms with van der Waals surface area (Å²) in [6.45, 7) is 4.99. The van der Waals surface area contributed by atoms with Crippen molar-refractivity contribution in [2.45, 2.75) is 33.1 Å². The predicted molar refractivity (Wildman–Crippen MR) is 67.6 cm³/mol. The fraction of sp³-hybridized carbons (Fsp3) is 0.462. The number of unbranched alkanes of at least 4 members (excludes halogenated alkanes) is 1. The fourth-order valence-corrected chi connectivity index (χ4v) is 2.08. The van der Waals surface area contributed by atoms with Crippen molar-refractivity contribution >= 4 is 11.0 Å². The molecular formula is C13H19N3. The molecule has 2 aromatic rings. The summed E-state index contributed by atoms with van der Waals surface area (Å²) < 4.78 is 0. The second kappa shape index (κ2) is 4.66. The number of fused-ring (bicyclic) bond motifs is 1. The summed E-state index contributed by atoms with van der Waals surface area (Å²) in [4.78, 5) is 8.01. The fourth-order valence-electron chi connectivity index (χ4n) is 2.08. The average Bonchev–Trinajstić information content (AvgIpc) is 2.61. The summed E-state index contributed by atoms with van der Waals surface area (Å²) in [5, 5.41) is 0. The highest BCUT2D eigenvalue weighted by atomic mass is 14.9. The molecule has 16 heavy (non-hydrogen) atoms. The molecule has 0 atom stereocenters. The molecule has 0 aliphatic carbocycles. The molecule has 0 aliphatic heterocycles. The smallest absolute Gasteiger partial charge is 0.107 e. The standard InChI is InChI=1S/C13H19N3/c1-9-7-10(2)13-11(8-9)15-12(16-13)5-3-4-6-14/h7-8H,3-6,14H2,1-2H3,(H,15,16). The highest BCUT2D eigenvalue weighted by molar-refractivity contribution is 5.79. The van der Waals surface area contributed by atoms with E-state index >= 15 is 0 Å². The number of aromatic nitrogens is 2. The second-order valence-corrected chi connectivity index (χ2v) is 4.41. The highest BCUT2D eigenvalue weighted by Crippen LogP contribution is 2.18. The Morgan fingerprint density at radius 2 is 2.06 bits per heavy atom. The van der Waals surface area contributed by atoms with E-state index in [4.69, 9.17) is 5.73 Å². The van der Waals surface area contributed by atoms with Crippen LogP contribution in [0.4, 0.5) is 0 Å². The van der Waals surface area contributed by atoms with Gasteiger partial charge in [-0.3, -0.25) is 0 Å². The van der Waals surface area contributed by atoms with E-state index in [1.54, 1.807) is 0 Å². The summed E-state index contributed by atoms with van der Waals surface area (Å²) >= 11 is 0. The maximum atomic E-state index is 5.48. The third-order valence-corrected chi connectivity index (χ3v) is 2.84. The minimum atomic E-state index is 0.762. The van der Waals surface area contributed by atoms with Crippen molar-refractivity contribution in [2.75, 3.05) is 6.54 Å². The number of benzene rings is 1. The van der Waals surface area contributed by atoms with Crippen LogP contribution >= 0.6 is 0 Å². The topological polar surface area (TPSA) is 54.7 Å². The van der Waals surface area contributed by atoms with Gasteiger partial charge in [0.1, 0.15) is 5.82 Å². The number of aromatic amines is 1. The number of aryl methyl sites for hydroxylation is 3. The van der Waals surface area contributed by atoms with Crippen LogP contribution in [-0.2, 0) is 6.42 Å². The van der Waals surface area contributed by atoms with Crippen LogP contribution in [0.2, 0.25) is 0 Å². The number of rotatable bonds is 4. The first-order valence-electron chi connectivity index (χ1n) is 5.86. The molecule has 1 aromatic heterocycles. The normalized spacial score (nSPS) is 11.2. The second-order valence-electron chi connectivity index (χ2n) is 4.41. The molecule has 0 amide bonds. The summed E-state index contributed by atoms with van der Waals surface area (Å²) in [5.41, 5.74) is 10.3. The summed E-state index contributed by atoms with van der Waals surface area (Å²) in [6.07, 6.45) is 3.16. The molecule has 0 unspecified atom stereocenters. The van der Waals surface area contributed by atoms with Crippen LogP contribution in [0, 0.1) is 13.8 Å². The van der Waals surface area contributed by atoms with Gasteiger partial charge in [-0.05, 0) is 50.4 Å². The van der Waals surface area contributed by atoms with Gasteiger partial charge in [-0.25, -0.2) is 4.98 Å². The Morgan fingerprint density at radius 3 is 2.81 bits per heavy atom. The number of nitrogens with two attached hydrogens (primary N) is 1. The molecule has 0 spiro atoms. The van der Waals surface area contributed by atoms with E-state index < -0.39 is 0 Å². The Labute approximate surface area is 96.1 Å². The molecule has 3 N–H and O–H groups in total. The first-order chi connectivity index (χ1) is 7.70. The zero-order chi connectivity index (χ0) is 11.5. The van der Waals surface area contributed by atoms with Crippen LogP contribution in [0.25, 0.3) is 11.0 Å². The molecule has 1 heterocycles. The largest absolute Gasteiger partial charge is 0.342 e. The van der Waals surface area contributed by atoms with Gasteiger partial charge < -0.3 is 10.7 Å². The van der Waals surface area contributed by atoms with Gasteiger partial charge >= 0.3 is 0 Å². The SMILES string of the molecule is Cc1cc(C)c2nc(CCCCN)[nH]c2c1. The Bertz CT molecular complexity index is 485. The number of hydrogen-bond donors (Lipinski definition) is 2. The molecule has 3 nitrogen and oxygen atoms in total. The lowest BCUT2D eigenvalue weighted by atomic mass is 10.1. The molecular weight excluding hydrogens is 198 g/mol. The first-order valence-corrected chi connectivity index (χ1v) is 5.86. The van der Waals surface area contributed by atoms with E-state index in [0.717, 1.165) is 42.7 Å². The number of nitrogens with zero attached hydrogens (tertiary/aromatic N) is 1. The van der Waals surface area contributed by atoms with Gasteiger partial charge in [0.15, 0.2) is 0 Å². The zero-order valence-electron chi connectivity index (χ0n) is 10.0.